The summed E-state index contributed by atoms with van der Waals surface area (Å²) >= 11 is 0. The zero-order chi connectivity index (χ0) is 30.4. The van der Waals surface area contributed by atoms with E-state index in [1.807, 2.05) is 0 Å². The Morgan fingerprint density at radius 2 is 0.571 bits per heavy atom. The van der Waals surface area contributed by atoms with Gasteiger partial charge in [0.05, 0.1) is 0 Å². The van der Waals surface area contributed by atoms with Crippen LogP contribution in [0.2, 0.25) is 0 Å². The van der Waals surface area contributed by atoms with Gasteiger partial charge in [0.25, 0.3) is 0 Å². The summed E-state index contributed by atoms with van der Waals surface area (Å²) in [6.45, 7) is 4.59. The van der Waals surface area contributed by atoms with Crippen molar-refractivity contribution in [3.05, 3.63) is 34.4 Å². The standard InChI is InChI=1S/C42H70/c1-5-9-11-13-15-17-19-21-23-25-27-29-31-33-35-41-37-40(8-4)42(38-39(41)7-3)36-34-32-30-28-26-24-22-20-18-16-14-12-10-6-2/h3-4,37-38H,5-6,9-36H2,1-2H3. The van der Waals surface area contributed by atoms with E-state index in [0.717, 1.165) is 24.0 Å². The summed E-state index contributed by atoms with van der Waals surface area (Å²) in [6.07, 6.45) is 53.0. The SMILES string of the molecule is C#Cc1cc(CCCCCCCCCCCCCCCC)c(C#C)cc1CCCCCCCCCCCCCCCC. The molecule has 42 heavy (non-hydrogen) atoms. The summed E-state index contributed by atoms with van der Waals surface area (Å²) in [5.41, 5.74) is 4.72. The molecule has 0 amide bonds. The van der Waals surface area contributed by atoms with Gasteiger partial charge in [0.15, 0.2) is 0 Å². The Hall–Kier alpha value is -1.66. The molecular weight excluding hydrogens is 504 g/mol. The van der Waals surface area contributed by atoms with Crippen LogP contribution in [0.1, 0.15) is 216 Å². The van der Waals surface area contributed by atoms with Crippen LogP contribution in [0.25, 0.3) is 0 Å². The van der Waals surface area contributed by atoms with Crippen LogP contribution in [0.3, 0.4) is 0 Å². The molecule has 0 spiro atoms. The van der Waals surface area contributed by atoms with Crippen molar-refractivity contribution in [3.63, 3.8) is 0 Å². The molecule has 0 heterocycles. The maximum absolute atomic E-state index is 5.94. The molecule has 0 unspecified atom stereocenters. The topological polar surface area (TPSA) is 0 Å². The second kappa shape index (κ2) is 29.4. The summed E-state index contributed by atoms with van der Waals surface area (Å²) in [5, 5.41) is 0. The lowest BCUT2D eigenvalue weighted by atomic mass is 9.92. The van der Waals surface area contributed by atoms with Crippen LogP contribution in [-0.4, -0.2) is 0 Å². The number of benzene rings is 1. The van der Waals surface area contributed by atoms with Crippen molar-refractivity contribution in [1.82, 2.24) is 0 Å². The fourth-order valence-corrected chi connectivity index (χ4v) is 6.39. The van der Waals surface area contributed by atoms with E-state index in [1.165, 1.54) is 191 Å². The third-order valence-corrected chi connectivity index (χ3v) is 9.24. The Morgan fingerprint density at radius 1 is 0.357 bits per heavy atom. The first kappa shape index (κ1) is 38.4. The zero-order valence-electron chi connectivity index (χ0n) is 28.5. The smallest absolute Gasteiger partial charge is 0.0278 e. The lowest BCUT2D eigenvalue weighted by molar-refractivity contribution is 0.535. The molecule has 0 fully saturated rings. The van der Waals surface area contributed by atoms with Gasteiger partial charge in [-0.3, -0.25) is 0 Å². The van der Waals surface area contributed by atoms with Gasteiger partial charge >= 0.3 is 0 Å². The van der Waals surface area contributed by atoms with Crippen molar-refractivity contribution in [1.29, 1.82) is 0 Å². The van der Waals surface area contributed by atoms with E-state index in [9.17, 15) is 0 Å². The number of rotatable bonds is 30. The van der Waals surface area contributed by atoms with Gasteiger partial charge in [0, 0.05) is 11.1 Å². The highest BCUT2D eigenvalue weighted by Gasteiger charge is 2.08. The van der Waals surface area contributed by atoms with Gasteiger partial charge in [-0.15, -0.1) is 12.8 Å². The average Bonchev–Trinajstić information content (AvgIpc) is 3.01. The predicted octanol–water partition coefficient (Wildman–Crippen LogP) is 13.7. The molecule has 0 N–H and O–H groups in total. The molecule has 238 valence electrons. The Balaban J connectivity index is 2.13. The van der Waals surface area contributed by atoms with Gasteiger partial charge < -0.3 is 0 Å². The maximum Gasteiger partial charge on any atom is 0.0278 e. The quantitative estimate of drug-likeness (QED) is 0.0633. The van der Waals surface area contributed by atoms with E-state index < -0.39 is 0 Å². The molecule has 1 aromatic rings. The number of terminal acetylenes is 2. The molecule has 1 rings (SSSR count). The molecule has 0 aliphatic carbocycles. The fourth-order valence-electron chi connectivity index (χ4n) is 6.39. The number of hydrogen-bond donors (Lipinski definition) is 0. The van der Waals surface area contributed by atoms with Crippen LogP contribution in [0, 0.1) is 24.7 Å². The maximum atomic E-state index is 5.94. The van der Waals surface area contributed by atoms with Gasteiger partial charge in [-0.1, -0.05) is 193 Å². The van der Waals surface area contributed by atoms with Gasteiger partial charge in [-0.2, -0.15) is 0 Å². The normalized spacial score (nSPS) is 11.0. The zero-order valence-corrected chi connectivity index (χ0v) is 28.5. The van der Waals surface area contributed by atoms with Gasteiger partial charge in [0.2, 0.25) is 0 Å². The lowest BCUT2D eigenvalue weighted by Gasteiger charge is -2.12. The molecule has 0 saturated heterocycles. The largest absolute Gasteiger partial charge is 0.115 e. The number of aryl methyl sites for hydroxylation is 2. The van der Waals surface area contributed by atoms with Crippen LogP contribution in [0.5, 0.6) is 0 Å². The monoisotopic (exact) mass is 575 g/mol. The molecule has 0 saturated carbocycles. The Kier molecular flexibility index (Phi) is 26.9. The minimum Gasteiger partial charge on any atom is -0.115 e. The van der Waals surface area contributed by atoms with Gasteiger partial charge in [-0.05, 0) is 48.9 Å². The average molecular weight is 575 g/mol. The Bertz CT molecular complexity index is 746. The summed E-state index contributed by atoms with van der Waals surface area (Å²) < 4.78 is 0. The van der Waals surface area contributed by atoms with Gasteiger partial charge in [0.1, 0.15) is 0 Å². The first-order valence-electron chi connectivity index (χ1n) is 18.9. The minimum absolute atomic E-state index is 1.06. The molecule has 0 aromatic heterocycles. The summed E-state index contributed by atoms with van der Waals surface area (Å²) in [7, 11) is 0. The van der Waals surface area contributed by atoms with Crippen LogP contribution in [-0.2, 0) is 12.8 Å². The Labute approximate surface area is 265 Å². The lowest BCUT2D eigenvalue weighted by Crippen LogP contribution is -1.99. The number of unbranched alkanes of at least 4 members (excludes halogenated alkanes) is 26. The molecule has 0 aliphatic rings. The van der Waals surface area contributed by atoms with E-state index in [0.29, 0.717) is 0 Å². The number of hydrogen-bond acceptors (Lipinski definition) is 0. The van der Waals surface area contributed by atoms with Gasteiger partial charge in [-0.25, -0.2) is 0 Å². The van der Waals surface area contributed by atoms with E-state index in [-0.39, 0.29) is 0 Å². The van der Waals surface area contributed by atoms with Crippen molar-refractivity contribution in [3.8, 4) is 24.7 Å². The predicted molar refractivity (Wildman–Crippen MR) is 190 cm³/mol. The molecule has 0 aliphatic heterocycles. The van der Waals surface area contributed by atoms with Crippen LogP contribution in [0.4, 0.5) is 0 Å². The molecule has 0 radical (unpaired) electrons. The minimum atomic E-state index is 1.06. The first-order valence-corrected chi connectivity index (χ1v) is 18.9. The van der Waals surface area contributed by atoms with E-state index in [4.69, 9.17) is 12.8 Å². The Morgan fingerprint density at radius 3 is 0.786 bits per heavy atom. The fraction of sp³-hybridized carbons (Fsp3) is 0.762. The molecular formula is C42H70. The van der Waals surface area contributed by atoms with Crippen molar-refractivity contribution in [2.45, 2.75) is 206 Å². The molecule has 0 heteroatoms. The summed E-state index contributed by atoms with van der Waals surface area (Å²) in [5.74, 6) is 5.94. The summed E-state index contributed by atoms with van der Waals surface area (Å²) in [4.78, 5) is 0. The second-order valence-corrected chi connectivity index (χ2v) is 13.1. The van der Waals surface area contributed by atoms with E-state index in [2.05, 4.69) is 37.8 Å². The van der Waals surface area contributed by atoms with Crippen LogP contribution in [0.15, 0.2) is 12.1 Å². The molecule has 1 aromatic carbocycles. The molecule has 0 bridgehead atoms. The van der Waals surface area contributed by atoms with Crippen molar-refractivity contribution in [2.24, 2.45) is 0 Å². The third kappa shape index (κ3) is 21.1. The van der Waals surface area contributed by atoms with E-state index in [1.54, 1.807) is 0 Å². The van der Waals surface area contributed by atoms with Crippen LogP contribution < -0.4 is 0 Å². The van der Waals surface area contributed by atoms with Crippen molar-refractivity contribution < 1.29 is 0 Å². The van der Waals surface area contributed by atoms with E-state index >= 15 is 0 Å². The third-order valence-electron chi connectivity index (χ3n) is 9.24. The first-order chi connectivity index (χ1) is 20.8. The highest BCUT2D eigenvalue weighted by molar-refractivity contribution is 5.51. The highest BCUT2D eigenvalue weighted by Crippen LogP contribution is 2.22. The molecule has 0 nitrogen and oxygen atoms in total. The van der Waals surface area contributed by atoms with Crippen molar-refractivity contribution >= 4 is 0 Å². The van der Waals surface area contributed by atoms with Crippen molar-refractivity contribution in [2.75, 3.05) is 0 Å². The van der Waals surface area contributed by atoms with Crippen LogP contribution >= 0.6 is 0 Å². The molecule has 0 atom stereocenters. The summed E-state index contributed by atoms with van der Waals surface area (Å²) in [6, 6.07) is 4.47. The second-order valence-electron chi connectivity index (χ2n) is 13.1. The highest BCUT2D eigenvalue weighted by atomic mass is 14.1.